The molecule has 1 unspecified atom stereocenters. The topological polar surface area (TPSA) is 23.8 Å². The summed E-state index contributed by atoms with van der Waals surface area (Å²) >= 11 is 0. The minimum Gasteiger partial charge on any atom is -0.197 e. The van der Waals surface area contributed by atoms with Gasteiger partial charge in [-0.2, -0.15) is 5.26 Å². The first-order chi connectivity index (χ1) is 7.33. The molecule has 3 rings (SSSR count). The summed E-state index contributed by atoms with van der Waals surface area (Å²) in [5, 5.41) is 9.49. The molecule has 1 nitrogen and oxygen atoms in total. The summed E-state index contributed by atoms with van der Waals surface area (Å²) in [4.78, 5) is 0. The minimum atomic E-state index is -0.134. The van der Waals surface area contributed by atoms with E-state index in [-0.39, 0.29) is 5.41 Å². The van der Waals surface area contributed by atoms with Crippen LogP contribution in [0.15, 0.2) is 30.3 Å². The first-order valence-corrected chi connectivity index (χ1v) is 5.80. The highest BCUT2D eigenvalue weighted by Crippen LogP contribution is 2.71. The molecule has 0 heterocycles. The molecule has 2 aliphatic rings. The quantitative estimate of drug-likeness (QED) is 0.676. The summed E-state index contributed by atoms with van der Waals surface area (Å²) in [7, 11) is 0. The average Bonchev–Trinajstić information content (AvgIpc) is 2.67. The van der Waals surface area contributed by atoms with Gasteiger partial charge in [-0.25, -0.2) is 0 Å². The van der Waals surface area contributed by atoms with Crippen LogP contribution in [-0.2, 0) is 5.41 Å². The fourth-order valence-electron chi connectivity index (χ4n) is 3.47. The maximum absolute atomic E-state index is 9.49. The maximum atomic E-state index is 9.49. The molecule has 15 heavy (non-hydrogen) atoms. The predicted octanol–water partition coefficient (Wildman–Crippen LogP) is 3.41. The Balaban J connectivity index is 2.01. The van der Waals surface area contributed by atoms with Crippen LogP contribution in [0.1, 0.15) is 37.7 Å². The molecule has 1 aromatic rings. The molecule has 2 saturated carbocycles. The van der Waals surface area contributed by atoms with Crippen LogP contribution < -0.4 is 0 Å². The molecule has 1 heteroatoms. The van der Waals surface area contributed by atoms with Crippen LogP contribution in [0, 0.1) is 16.7 Å². The van der Waals surface area contributed by atoms with Crippen LogP contribution in [-0.4, -0.2) is 0 Å². The summed E-state index contributed by atoms with van der Waals surface area (Å²) in [6.07, 6.45) is 6.25. The fraction of sp³-hybridized carbons (Fsp3) is 0.500. The first kappa shape index (κ1) is 8.97. The molecule has 1 spiro atoms. The van der Waals surface area contributed by atoms with E-state index in [0.29, 0.717) is 5.41 Å². The van der Waals surface area contributed by atoms with E-state index < -0.39 is 0 Å². The Hall–Kier alpha value is -1.29. The summed E-state index contributed by atoms with van der Waals surface area (Å²) in [6.45, 7) is 0. The number of benzene rings is 1. The third kappa shape index (κ3) is 1.03. The highest BCUT2D eigenvalue weighted by Gasteiger charge is 2.68. The Labute approximate surface area is 90.7 Å². The van der Waals surface area contributed by atoms with Gasteiger partial charge in [-0.05, 0) is 30.2 Å². The monoisotopic (exact) mass is 197 g/mol. The zero-order chi connectivity index (χ0) is 10.4. The Kier molecular flexibility index (Phi) is 1.71. The molecule has 0 amide bonds. The van der Waals surface area contributed by atoms with Crippen LogP contribution in [0.4, 0.5) is 0 Å². The minimum absolute atomic E-state index is 0.134. The van der Waals surface area contributed by atoms with E-state index in [1.165, 1.54) is 31.2 Å². The molecule has 0 radical (unpaired) electrons. The molecule has 2 aliphatic carbocycles. The van der Waals surface area contributed by atoms with Gasteiger partial charge in [0, 0.05) is 0 Å². The van der Waals surface area contributed by atoms with Crippen molar-refractivity contribution >= 4 is 0 Å². The van der Waals surface area contributed by atoms with Gasteiger partial charge in [-0.3, -0.25) is 0 Å². The predicted molar refractivity (Wildman–Crippen MR) is 59.3 cm³/mol. The van der Waals surface area contributed by atoms with E-state index in [0.717, 1.165) is 6.42 Å². The van der Waals surface area contributed by atoms with Gasteiger partial charge in [-0.1, -0.05) is 43.2 Å². The largest absolute Gasteiger partial charge is 0.197 e. The van der Waals surface area contributed by atoms with Gasteiger partial charge in [0.2, 0.25) is 0 Å². The van der Waals surface area contributed by atoms with Crippen molar-refractivity contribution in [2.24, 2.45) is 5.41 Å². The van der Waals surface area contributed by atoms with E-state index in [1.54, 1.807) is 0 Å². The fourth-order valence-corrected chi connectivity index (χ4v) is 3.47. The van der Waals surface area contributed by atoms with Crippen molar-refractivity contribution < 1.29 is 0 Å². The third-order valence-corrected chi connectivity index (χ3v) is 4.40. The van der Waals surface area contributed by atoms with Crippen LogP contribution in [0.2, 0.25) is 0 Å². The lowest BCUT2D eigenvalue weighted by molar-refractivity contribution is 0.476. The van der Waals surface area contributed by atoms with E-state index >= 15 is 0 Å². The first-order valence-electron chi connectivity index (χ1n) is 5.80. The highest BCUT2D eigenvalue weighted by atomic mass is 14.7. The Morgan fingerprint density at radius 1 is 1.07 bits per heavy atom. The second kappa shape index (κ2) is 2.85. The Morgan fingerprint density at radius 2 is 1.73 bits per heavy atom. The normalized spacial score (nSPS) is 31.4. The van der Waals surface area contributed by atoms with Crippen molar-refractivity contribution in [3.63, 3.8) is 0 Å². The molecule has 1 atom stereocenters. The van der Waals surface area contributed by atoms with Crippen molar-refractivity contribution in [2.75, 3.05) is 0 Å². The summed E-state index contributed by atoms with van der Waals surface area (Å²) in [5.74, 6) is 0. The Morgan fingerprint density at radius 3 is 2.33 bits per heavy atom. The zero-order valence-electron chi connectivity index (χ0n) is 8.87. The summed E-state index contributed by atoms with van der Waals surface area (Å²) in [5.41, 5.74) is 1.46. The number of rotatable bonds is 1. The molecular weight excluding hydrogens is 182 g/mol. The molecule has 76 valence electrons. The lowest BCUT2D eigenvalue weighted by Gasteiger charge is -2.15. The molecule has 0 N–H and O–H groups in total. The number of nitriles is 1. The summed E-state index contributed by atoms with van der Waals surface area (Å²) in [6, 6.07) is 13.0. The van der Waals surface area contributed by atoms with E-state index in [1.807, 2.05) is 6.07 Å². The molecule has 0 saturated heterocycles. The van der Waals surface area contributed by atoms with Crippen LogP contribution in [0.25, 0.3) is 0 Å². The van der Waals surface area contributed by atoms with Gasteiger partial charge < -0.3 is 0 Å². The van der Waals surface area contributed by atoms with Gasteiger partial charge in [0.25, 0.3) is 0 Å². The van der Waals surface area contributed by atoms with E-state index in [4.69, 9.17) is 0 Å². The van der Waals surface area contributed by atoms with Gasteiger partial charge in [0.15, 0.2) is 0 Å². The van der Waals surface area contributed by atoms with E-state index in [2.05, 4.69) is 30.3 Å². The lowest BCUT2D eigenvalue weighted by atomic mass is 9.86. The number of hydrogen-bond donors (Lipinski definition) is 0. The number of nitrogens with zero attached hydrogens (tertiary/aromatic N) is 1. The van der Waals surface area contributed by atoms with Crippen LogP contribution in [0.5, 0.6) is 0 Å². The van der Waals surface area contributed by atoms with Crippen molar-refractivity contribution in [3.05, 3.63) is 35.9 Å². The average molecular weight is 197 g/mol. The zero-order valence-corrected chi connectivity index (χ0v) is 8.87. The third-order valence-electron chi connectivity index (χ3n) is 4.40. The van der Waals surface area contributed by atoms with Gasteiger partial charge in [0.1, 0.15) is 0 Å². The van der Waals surface area contributed by atoms with E-state index in [9.17, 15) is 5.26 Å². The standard InChI is InChI=1S/C14H15N/c15-11-14(12-6-2-1-3-7-12)10-13(14)8-4-5-9-13/h1-3,6-7H,4-5,8-10H2. The van der Waals surface area contributed by atoms with Crippen molar-refractivity contribution in [1.82, 2.24) is 0 Å². The Bertz CT molecular complexity index is 409. The number of hydrogen-bond acceptors (Lipinski definition) is 1. The SMILES string of the molecule is N#CC1(c2ccccc2)CC12CCCC2. The second-order valence-electron chi connectivity index (χ2n) is 5.05. The maximum Gasteiger partial charge on any atom is 0.0885 e. The van der Waals surface area contributed by atoms with Gasteiger partial charge >= 0.3 is 0 Å². The molecule has 0 aromatic heterocycles. The van der Waals surface area contributed by atoms with Crippen molar-refractivity contribution in [3.8, 4) is 6.07 Å². The smallest absolute Gasteiger partial charge is 0.0885 e. The van der Waals surface area contributed by atoms with Crippen LogP contribution >= 0.6 is 0 Å². The highest BCUT2D eigenvalue weighted by molar-refractivity contribution is 5.46. The summed E-state index contributed by atoms with van der Waals surface area (Å²) < 4.78 is 0. The molecule has 0 aliphatic heterocycles. The molecule has 2 fully saturated rings. The molecule has 0 bridgehead atoms. The van der Waals surface area contributed by atoms with Crippen LogP contribution in [0.3, 0.4) is 0 Å². The lowest BCUT2D eigenvalue weighted by Crippen LogP contribution is -2.13. The van der Waals surface area contributed by atoms with Gasteiger partial charge in [0.05, 0.1) is 11.5 Å². The molecular formula is C14H15N. The van der Waals surface area contributed by atoms with Crippen molar-refractivity contribution in [2.45, 2.75) is 37.5 Å². The van der Waals surface area contributed by atoms with Gasteiger partial charge in [-0.15, -0.1) is 0 Å². The van der Waals surface area contributed by atoms with Crippen molar-refractivity contribution in [1.29, 1.82) is 5.26 Å². The molecule has 1 aromatic carbocycles. The second-order valence-corrected chi connectivity index (χ2v) is 5.05.